The third-order valence-corrected chi connectivity index (χ3v) is 3.93. The molecule has 0 N–H and O–H groups in total. The molecule has 2 rings (SSSR count). The zero-order valence-corrected chi connectivity index (χ0v) is 10.2. The van der Waals surface area contributed by atoms with Gasteiger partial charge in [-0.25, -0.2) is 4.68 Å². The molecule has 0 spiro atoms. The van der Waals surface area contributed by atoms with Gasteiger partial charge < -0.3 is 0 Å². The van der Waals surface area contributed by atoms with Crippen molar-refractivity contribution in [3.05, 3.63) is 0 Å². The fourth-order valence-electron chi connectivity index (χ4n) is 1.88. The van der Waals surface area contributed by atoms with Crippen LogP contribution >= 0.6 is 23.4 Å². The van der Waals surface area contributed by atoms with Crippen LogP contribution in [0.2, 0.25) is 0 Å². The lowest BCUT2D eigenvalue weighted by Crippen LogP contribution is -2.08. The van der Waals surface area contributed by atoms with E-state index in [-0.39, 0.29) is 0 Å². The minimum atomic E-state index is 0.526. The quantitative estimate of drug-likeness (QED) is 0.455. The van der Waals surface area contributed by atoms with Crippen LogP contribution in [0.25, 0.3) is 0 Å². The lowest BCUT2D eigenvalue weighted by molar-refractivity contribution is 0.423. The fraction of sp³-hybridized carbons (Fsp3) is 0.889. The van der Waals surface area contributed by atoms with Gasteiger partial charge in [-0.05, 0) is 29.7 Å². The number of nitrogens with zero attached hydrogens (tertiary/aromatic N) is 4. The van der Waals surface area contributed by atoms with E-state index in [2.05, 4.69) is 15.5 Å². The van der Waals surface area contributed by atoms with Crippen LogP contribution in [0.4, 0.5) is 0 Å². The van der Waals surface area contributed by atoms with Gasteiger partial charge in [0.15, 0.2) is 0 Å². The minimum absolute atomic E-state index is 0.526. The van der Waals surface area contributed by atoms with Gasteiger partial charge >= 0.3 is 0 Å². The molecule has 1 aliphatic rings. The maximum absolute atomic E-state index is 5.64. The van der Waals surface area contributed by atoms with Gasteiger partial charge in [-0.15, -0.1) is 16.7 Å². The molecule has 84 valence electrons. The second kappa shape index (κ2) is 5.70. The zero-order chi connectivity index (χ0) is 10.5. The zero-order valence-electron chi connectivity index (χ0n) is 8.60. The molecule has 4 nitrogen and oxygen atoms in total. The highest BCUT2D eigenvalue weighted by Gasteiger charge is 2.21. The van der Waals surface area contributed by atoms with E-state index >= 15 is 0 Å². The Balaban J connectivity index is 1.95. The SMILES string of the molecule is ClCCCSc1nnnn1C1CCCC1. The largest absolute Gasteiger partial charge is 0.217 e. The molecule has 1 heterocycles. The van der Waals surface area contributed by atoms with Gasteiger partial charge in [-0.1, -0.05) is 24.6 Å². The lowest BCUT2D eigenvalue weighted by Gasteiger charge is -2.10. The van der Waals surface area contributed by atoms with Gasteiger partial charge in [-0.2, -0.15) is 0 Å². The number of hydrogen-bond donors (Lipinski definition) is 0. The number of tetrazole rings is 1. The summed E-state index contributed by atoms with van der Waals surface area (Å²) in [7, 11) is 0. The van der Waals surface area contributed by atoms with Crippen LogP contribution in [0.3, 0.4) is 0 Å². The Labute approximate surface area is 98.8 Å². The van der Waals surface area contributed by atoms with Gasteiger partial charge in [0, 0.05) is 11.6 Å². The number of aromatic nitrogens is 4. The highest BCUT2D eigenvalue weighted by Crippen LogP contribution is 2.31. The lowest BCUT2D eigenvalue weighted by atomic mass is 10.3. The van der Waals surface area contributed by atoms with Crippen LogP contribution in [0.5, 0.6) is 0 Å². The molecule has 0 atom stereocenters. The summed E-state index contributed by atoms with van der Waals surface area (Å²) >= 11 is 7.34. The van der Waals surface area contributed by atoms with Crippen LogP contribution in [-0.2, 0) is 0 Å². The summed E-state index contributed by atoms with van der Waals surface area (Å²) in [4.78, 5) is 0. The van der Waals surface area contributed by atoms with E-state index < -0.39 is 0 Å². The summed E-state index contributed by atoms with van der Waals surface area (Å²) in [5.74, 6) is 1.70. The van der Waals surface area contributed by atoms with Crippen molar-refractivity contribution in [3.63, 3.8) is 0 Å². The number of rotatable bonds is 5. The van der Waals surface area contributed by atoms with Crippen LogP contribution in [-0.4, -0.2) is 31.8 Å². The molecule has 0 amide bonds. The van der Waals surface area contributed by atoms with Gasteiger partial charge in [0.25, 0.3) is 0 Å². The van der Waals surface area contributed by atoms with Gasteiger partial charge in [-0.3, -0.25) is 0 Å². The van der Waals surface area contributed by atoms with E-state index in [9.17, 15) is 0 Å². The van der Waals surface area contributed by atoms with Crippen molar-refractivity contribution < 1.29 is 0 Å². The molecular weight excluding hydrogens is 232 g/mol. The maximum Gasteiger partial charge on any atom is 0.209 e. The van der Waals surface area contributed by atoms with Gasteiger partial charge in [0.2, 0.25) is 5.16 Å². The molecule has 0 radical (unpaired) electrons. The Kier molecular flexibility index (Phi) is 4.26. The number of thioether (sulfide) groups is 1. The molecule has 1 fully saturated rings. The number of alkyl halides is 1. The summed E-state index contributed by atoms with van der Waals surface area (Å²) < 4.78 is 1.99. The van der Waals surface area contributed by atoms with Crippen molar-refractivity contribution in [3.8, 4) is 0 Å². The molecular formula is C9H15ClN4S. The van der Waals surface area contributed by atoms with E-state index in [1.165, 1.54) is 25.7 Å². The predicted molar refractivity (Wildman–Crippen MR) is 61.4 cm³/mol. The summed E-state index contributed by atoms with van der Waals surface area (Å²) in [5.41, 5.74) is 0. The fourth-order valence-corrected chi connectivity index (χ4v) is 3.05. The summed E-state index contributed by atoms with van der Waals surface area (Å²) in [6, 6.07) is 0.526. The van der Waals surface area contributed by atoms with Crippen LogP contribution in [0.15, 0.2) is 5.16 Å². The van der Waals surface area contributed by atoms with Gasteiger partial charge in [0.05, 0.1) is 6.04 Å². The monoisotopic (exact) mass is 246 g/mol. The van der Waals surface area contributed by atoms with Crippen molar-refractivity contribution in [1.29, 1.82) is 0 Å². The smallest absolute Gasteiger partial charge is 0.209 e. The Morgan fingerprint density at radius 3 is 2.93 bits per heavy atom. The normalized spacial score (nSPS) is 17.4. The number of hydrogen-bond acceptors (Lipinski definition) is 4. The molecule has 0 unspecified atom stereocenters. The highest BCUT2D eigenvalue weighted by molar-refractivity contribution is 7.99. The predicted octanol–water partition coefficient (Wildman–Crippen LogP) is 2.51. The molecule has 1 aromatic rings. The first-order valence-corrected chi connectivity index (χ1v) is 6.90. The molecule has 6 heteroatoms. The van der Waals surface area contributed by atoms with Crippen molar-refractivity contribution in [1.82, 2.24) is 20.2 Å². The summed E-state index contributed by atoms with van der Waals surface area (Å²) in [6.45, 7) is 0. The van der Waals surface area contributed by atoms with Crippen LogP contribution in [0, 0.1) is 0 Å². The Hall–Kier alpha value is -0.290. The Morgan fingerprint density at radius 1 is 1.40 bits per heavy atom. The van der Waals surface area contributed by atoms with E-state index in [0.717, 1.165) is 17.3 Å². The van der Waals surface area contributed by atoms with E-state index in [1.54, 1.807) is 11.8 Å². The molecule has 1 aromatic heterocycles. The molecule has 0 aliphatic heterocycles. The van der Waals surface area contributed by atoms with E-state index in [4.69, 9.17) is 11.6 Å². The first-order chi connectivity index (χ1) is 7.42. The van der Waals surface area contributed by atoms with E-state index in [1.807, 2.05) is 4.68 Å². The highest BCUT2D eigenvalue weighted by atomic mass is 35.5. The number of halogens is 1. The molecule has 1 aliphatic carbocycles. The molecule has 15 heavy (non-hydrogen) atoms. The minimum Gasteiger partial charge on any atom is -0.217 e. The average molecular weight is 247 g/mol. The average Bonchev–Trinajstić information content (AvgIpc) is 2.87. The Morgan fingerprint density at radius 2 is 2.20 bits per heavy atom. The second-order valence-corrected chi connectivity index (χ2v) is 5.18. The molecule has 0 saturated heterocycles. The summed E-state index contributed by atoms with van der Waals surface area (Å²) in [6.07, 6.45) is 6.04. The molecule has 0 aromatic carbocycles. The topological polar surface area (TPSA) is 43.6 Å². The molecule has 1 saturated carbocycles. The maximum atomic E-state index is 5.64. The van der Waals surface area contributed by atoms with Crippen LogP contribution in [0.1, 0.15) is 38.1 Å². The third kappa shape index (κ3) is 2.84. The van der Waals surface area contributed by atoms with Crippen molar-refractivity contribution in [2.24, 2.45) is 0 Å². The first-order valence-electron chi connectivity index (χ1n) is 5.38. The first kappa shape index (κ1) is 11.2. The van der Waals surface area contributed by atoms with Crippen LogP contribution < -0.4 is 0 Å². The van der Waals surface area contributed by atoms with Crippen molar-refractivity contribution in [2.45, 2.75) is 43.3 Å². The Bertz CT molecular complexity index is 298. The summed E-state index contributed by atoms with van der Waals surface area (Å²) in [5, 5.41) is 12.8. The van der Waals surface area contributed by atoms with Crippen molar-refractivity contribution in [2.75, 3.05) is 11.6 Å². The molecule has 0 bridgehead atoms. The van der Waals surface area contributed by atoms with Gasteiger partial charge in [0.1, 0.15) is 0 Å². The van der Waals surface area contributed by atoms with E-state index in [0.29, 0.717) is 11.9 Å². The standard InChI is InChI=1S/C9H15ClN4S/c10-6-3-7-15-9-11-12-13-14(9)8-4-1-2-5-8/h8H,1-7H2. The second-order valence-electron chi connectivity index (χ2n) is 3.74. The third-order valence-electron chi connectivity index (χ3n) is 2.64. The van der Waals surface area contributed by atoms with Crippen molar-refractivity contribution >= 4 is 23.4 Å².